The number of fused-ring (bicyclic) bond motifs is 1. The molecule has 0 amide bonds. The molecule has 3 aromatic rings. The van der Waals surface area contributed by atoms with Gasteiger partial charge in [-0.2, -0.15) is 0 Å². The van der Waals surface area contributed by atoms with Gasteiger partial charge in [0.25, 0.3) is 0 Å². The van der Waals surface area contributed by atoms with Crippen molar-refractivity contribution in [2.24, 2.45) is 0 Å². The van der Waals surface area contributed by atoms with Gasteiger partial charge in [-0.15, -0.1) is 0 Å². The maximum Gasteiger partial charge on any atom is 0.340 e. The van der Waals surface area contributed by atoms with Gasteiger partial charge in [0.05, 0.1) is 17.9 Å². The molecule has 0 aliphatic rings. The summed E-state index contributed by atoms with van der Waals surface area (Å²) in [6.07, 6.45) is 1.42. The van der Waals surface area contributed by atoms with E-state index < -0.39 is 5.97 Å². The highest BCUT2D eigenvalue weighted by Gasteiger charge is 2.16. The lowest BCUT2D eigenvalue weighted by atomic mass is 10.0. The number of ether oxygens (including phenoxy) is 1. The van der Waals surface area contributed by atoms with E-state index in [0.29, 0.717) is 28.1 Å². The van der Waals surface area contributed by atoms with E-state index in [9.17, 15) is 4.79 Å². The average Bonchev–Trinajstić information content (AvgIpc) is 2.55. The normalized spacial score (nSPS) is 10.8. The van der Waals surface area contributed by atoms with Crippen molar-refractivity contribution in [3.8, 4) is 11.3 Å². The van der Waals surface area contributed by atoms with Crippen LogP contribution in [0.4, 0.5) is 5.82 Å². The molecule has 2 aromatic heterocycles. The molecule has 6 heteroatoms. The fourth-order valence-electron chi connectivity index (χ4n) is 2.57. The van der Waals surface area contributed by atoms with E-state index in [1.807, 2.05) is 37.3 Å². The molecule has 0 radical (unpaired) electrons. The Bertz CT molecular complexity index is 941. The van der Waals surface area contributed by atoms with Crippen molar-refractivity contribution in [3.05, 3.63) is 52.7 Å². The molecule has 24 heavy (non-hydrogen) atoms. The largest absolute Gasteiger partial charge is 0.462 e. The van der Waals surface area contributed by atoms with E-state index in [1.165, 1.54) is 6.20 Å². The van der Waals surface area contributed by atoms with Gasteiger partial charge in [0.2, 0.25) is 0 Å². The van der Waals surface area contributed by atoms with Crippen molar-refractivity contribution in [2.75, 3.05) is 12.3 Å². The summed E-state index contributed by atoms with van der Waals surface area (Å²) >= 11 is 6.01. The number of nitrogen functional groups attached to an aromatic ring is 1. The third-order valence-corrected chi connectivity index (χ3v) is 3.96. The monoisotopic (exact) mass is 341 g/mol. The van der Waals surface area contributed by atoms with Crippen LogP contribution in [0.3, 0.4) is 0 Å². The smallest absolute Gasteiger partial charge is 0.340 e. The lowest BCUT2D eigenvalue weighted by molar-refractivity contribution is 0.0528. The van der Waals surface area contributed by atoms with Crippen LogP contribution in [0.15, 0.2) is 36.5 Å². The Hall–Kier alpha value is -2.66. The fraction of sp³-hybridized carbons (Fsp3) is 0.167. The van der Waals surface area contributed by atoms with Crippen LogP contribution in [0.2, 0.25) is 5.02 Å². The number of halogens is 1. The Morgan fingerprint density at radius 3 is 2.79 bits per heavy atom. The van der Waals surface area contributed by atoms with Crippen molar-refractivity contribution in [1.82, 2.24) is 9.97 Å². The van der Waals surface area contributed by atoms with E-state index in [1.54, 1.807) is 6.92 Å². The Labute approximate surface area is 144 Å². The van der Waals surface area contributed by atoms with Crippen LogP contribution < -0.4 is 5.73 Å². The summed E-state index contributed by atoms with van der Waals surface area (Å²) in [5.74, 6) is -0.168. The Morgan fingerprint density at radius 2 is 2.08 bits per heavy atom. The van der Waals surface area contributed by atoms with Crippen molar-refractivity contribution >= 4 is 34.3 Å². The summed E-state index contributed by atoms with van der Waals surface area (Å²) in [5.41, 5.74) is 9.49. The van der Waals surface area contributed by atoms with Crippen LogP contribution in [-0.2, 0) is 4.74 Å². The fourth-order valence-corrected chi connectivity index (χ4v) is 2.80. The molecule has 0 unspecified atom stereocenters. The molecule has 2 N–H and O–H groups in total. The number of nitrogens with two attached hydrogens (primary N) is 1. The van der Waals surface area contributed by atoms with Gasteiger partial charge >= 0.3 is 5.97 Å². The molecule has 1 aromatic carbocycles. The highest BCUT2D eigenvalue weighted by molar-refractivity contribution is 6.30. The summed E-state index contributed by atoms with van der Waals surface area (Å²) in [4.78, 5) is 20.7. The highest BCUT2D eigenvalue weighted by atomic mass is 35.5. The summed E-state index contributed by atoms with van der Waals surface area (Å²) < 4.78 is 5.06. The Morgan fingerprint density at radius 1 is 1.29 bits per heavy atom. The van der Waals surface area contributed by atoms with Crippen LogP contribution >= 0.6 is 11.6 Å². The Balaban J connectivity index is 2.18. The lowest BCUT2D eigenvalue weighted by Gasteiger charge is -2.10. The van der Waals surface area contributed by atoms with Gasteiger partial charge in [-0.05, 0) is 43.7 Å². The summed E-state index contributed by atoms with van der Waals surface area (Å²) in [6, 6.07) is 9.26. The van der Waals surface area contributed by atoms with E-state index in [4.69, 9.17) is 22.1 Å². The van der Waals surface area contributed by atoms with Crippen molar-refractivity contribution < 1.29 is 9.53 Å². The summed E-state index contributed by atoms with van der Waals surface area (Å²) in [7, 11) is 0. The number of anilines is 1. The molecule has 0 bridgehead atoms. The van der Waals surface area contributed by atoms with Gasteiger partial charge in [0.1, 0.15) is 11.3 Å². The SMILES string of the molecule is CCOC(=O)c1cnc(N)c2nc(-c3ccc(Cl)cc3C)ccc12. The minimum Gasteiger partial charge on any atom is -0.462 e. The molecule has 0 atom stereocenters. The third-order valence-electron chi connectivity index (χ3n) is 3.72. The molecule has 0 fully saturated rings. The molecule has 0 aliphatic carbocycles. The van der Waals surface area contributed by atoms with Gasteiger partial charge in [-0.1, -0.05) is 17.7 Å². The van der Waals surface area contributed by atoms with Gasteiger partial charge in [0.15, 0.2) is 0 Å². The first kappa shape index (κ1) is 16.2. The minimum absolute atomic E-state index is 0.270. The first-order valence-electron chi connectivity index (χ1n) is 7.50. The van der Waals surface area contributed by atoms with Crippen LogP contribution in [-0.4, -0.2) is 22.5 Å². The van der Waals surface area contributed by atoms with Crippen molar-refractivity contribution in [1.29, 1.82) is 0 Å². The zero-order chi connectivity index (χ0) is 17.3. The number of rotatable bonds is 3. The van der Waals surface area contributed by atoms with Gasteiger partial charge in [-0.3, -0.25) is 0 Å². The standard InChI is InChI=1S/C18H16ClN3O2/c1-3-24-18(23)14-9-21-17(20)16-13(14)6-7-15(22-16)12-5-4-11(19)8-10(12)2/h4-9H,3H2,1-2H3,(H2,20,21). The summed E-state index contributed by atoms with van der Waals surface area (Å²) in [5, 5.41) is 1.29. The highest BCUT2D eigenvalue weighted by Crippen LogP contribution is 2.29. The molecule has 122 valence electrons. The molecular formula is C18H16ClN3O2. The molecule has 0 aliphatic heterocycles. The quantitative estimate of drug-likeness (QED) is 0.728. The molecule has 5 nitrogen and oxygen atoms in total. The maximum absolute atomic E-state index is 12.1. The number of benzene rings is 1. The number of hydrogen-bond donors (Lipinski definition) is 1. The zero-order valence-electron chi connectivity index (χ0n) is 13.3. The second kappa shape index (κ2) is 6.45. The van der Waals surface area contributed by atoms with Crippen LogP contribution in [0.25, 0.3) is 22.2 Å². The van der Waals surface area contributed by atoms with Gasteiger partial charge in [0, 0.05) is 22.2 Å². The molecule has 0 saturated heterocycles. The predicted molar refractivity (Wildman–Crippen MR) is 95.1 cm³/mol. The van der Waals surface area contributed by atoms with E-state index >= 15 is 0 Å². The molecular weight excluding hydrogens is 326 g/mol. The van der Waals surface area contributed by atoms with Crippen LogP contribution in [0.5, 0.6) is 0 Å². The minimum atomic E-state index is -0.438. The second-order valence-electron chi connectivity index (χ2n) is 5.33. The summed E-state index contributed by atoms with van der Waals surface area (Å²) in [6.45, 7) is 4.01. The van der Waals surface area contributed by atoms with Crippen LogP contribution in [0, 0.1) is 6.92 Å². The van der Waals surface area contributed by atoms with Gasteiger partial charge < -0.3 is 10.5 Å². The number of carbonyl (C=O) groups is 1. The second-order valence-corrected chi connectivity index (χ2v) is 5.77. The number of nitrogens with zero attached hydrogens (tertiary/aromatic N) is 2. The average molecular weight is 342 g/mol. The van der Waals surface area contributed by atoms with E-state index in [-0.39, 0.29) is 5.82 Å². The molecule has 0 spiro atoms. The first-order chi connectivity index (χ1) is 11.5. The van der Waals surface area contributed by atoms with Crippen LogP contribution in [0.1, 0.15) is 22.8 Å². The maximum atomic E-state index is 12.1. The zero-order valence-corrected chi connectivity index (χ0v) is 14.1. The number of aryl methyl sites for hydroxylation is 1. The lowest BCUT2D eigenvalue weighted by Crippen LogP contribution is -2.08. The van der Waals surface area contributed by atoms with E-state index in [2.05, 4.69) is 9.97 Å². The predicted octanol–water partition coefficient (Wildman–Crippen LogP) is 4.02. The topological polar surface area (TPSA) is 78.1 Å². The third kappa shape index (κ3) is 2.90. The number of carbonyl (C=O) groups excluding carboxylic acids is 1. The number of hydrogen-bond acceptors (Lipinski definition) is 5. The molecule has 2 heterocycles. The van der Waals surface area contributed by atoms with Crippen molar-refractivity contribution in [3.63, 3.8) is 0 Å². The first-order valence-corrected chi connectivity index (χ1v) is 7.88. The number of esters is 1. The number of aromatic nitrogens is 2. The Kier molecular flexibility index (Phi) is 4.36. The van der Waals surface area contributed by atoms with Gasteiger partial charge in [-0.25, -0.2) is 14.8 Å². The molecule has 3 rings (SSSR count). The van der Waals surface area contributed by atoms with E-state index in [0.717, 1.165) is 16.8 Å². The van der Waals surface area contributed by atoms with Crippen molar-refractivity contribution in [2.45, 2.75) is 13.8 Å². The number of pyridine rings is 2. The molecule has 0 saturated carbocycles.